The molecule has 0 unspecified atom stereocenters. The van der Waals surface area contributed by atoms with Gasteiger partial charge in [-0.3, -0.25) is 0 Å². The molecule has 0 saturated carbocycles. The van der Waals surface area contributed by atoms with Crippen molar-refractivity contribution in [2.45, 2.75) is 48.0 Å². The number of hydrogen-bond acceptors (Lipinski definition) is 2. The SMILES string of the molecule is CC.CC.CC.NCCc1c[nH]c2ccc(N)cc12. The highest BCUT2D eigenvalue weighted by Crippen LogP contribution is 2.20. The second-order valence-corrected chi connectivity index (χ2v) is 3.16. The molecule has 0 radical (unpaired) electrons. The van der Waals surface area contributed by atoms with Crippen LogP contribution in [0.25, 0.3) is 10.9 Å². The molecule has 0 spiro atoms. The van der Waals surface area contributed by atoms with Crippen molar-refractivity contribution in [1.29, 1.82) is 0 Å². The first-order valence-electron chi connectivity index (χ1n) is 7.37. The lowest BCUT2D eigenvalue weighted by Gasteiger charge is -1.97. The van der Waals surface area contributed by atoms with Crippen LogP contribution >= 0.6 is 0 Å². The Hall–Kier alpha value is -1.48. The molecule has 0 aliphatic heterocycles. The van der Waals surface area contributed by atoms with E-state index in [0.29, 0.717) is 6.54 Å². The zero-order valence-electron chi connectivity index (χ0n) is 13.4. The fraction of sp³-hybridized carbons (Fsp3) is 0.500. The van der Waals surface area contributed by atoms with Crippen molar-refractivity contribution in [3.8, 4) is 0 Å². The fourth-order valence-corrected chi connectivity index (χ4v) is 1.56. The molecule has 0 fully saturated rings. The maximum atomic E-state index is 5.70. The third-order valence-corrected chi connectivity index (χ3v) is 2.21. The molecule has 0 aliphatic rings. The Balaban J connectivity index is 0. The number of nitrogens with two attached hydrogens (primary N) is 2. The summed E-state index contributed by atoms with van der Waals surface area (Å²) in [7, 11) is 0. The predicted molar refractivity (Wildman–Crippen MR) is 89.5 cm³/mol. The number of H-pyrrole nitrogens is 1. The van der Waals surface area contributed by atoms with Crippen molar-refractivity contribution < 1.29 is 0 Å². The summed E-state index contributed by atoms with van der Waals surface area (Å²) in [4.78, 5) is 3.19. The molecule has 0 saturated heterocycles. The van der Waals surface area contributed by atoms with E-state index < -0.39 is 0 Å². The van der Waals surface area contributed by atoms with Crippen LogP contribution < -0.4 is 11.5 Å². The number of anilines is 1. The van der Waals surface area contributed by atoms with E-state index in [1.165, 1.54) is 10.9 Å². The Morgan fingerprint density at radius 3 is 2.11 bits per heavy atom. The van der Waals surface area contributed by atoms with E-state index in [2.05, 4.69) is 4.98 Å². The summed E-state index contributed by atoms with van der Waals surface area (Å²) in [6, 6.07) is 5.87. The maximum absolute atomic E-state index is 5.70. The van der Waals surface area contributed by atoms with Gasteiger partial charge >= 0.3 is 0 Å². The number of aromatic nitrogens is 1. The molecular weight excluding hydrogens is 234 g/mol. The third-order valence-electron chi connectivity index (χ3n) is 2.21. The van der Waals surface area contributed by atoms with Gasteiger partial charge in [0.1, 0.15) is 0 Å². The minimum atomic E-state index is 0.668. The lowest BCUT2D eigenvalue weighted by molar-refractivity contribution is 0.976. The van der Waals surface area contributed by atoms with Gasteiger partial charge in [0.15, 0.2) is 0 Å². The van der Waals surface area contributed by atoms with Crippen molar-refractivity contribution in [3.63, 3.8) is 0 Å². The number of fused-ring (bicyclic) bond motifs is 1. The molecule has 0 amide bonds. The molecule has 2 rings (SSSR count). The number of nitrogen functional groups attached to an aromatic ring is 1. The topological polar surface area (TPSA) is 67.8 Å². The van der Waals surface area contributed by atoms with Crippen LogP contribution in [0.15, 0.2) is 24.4 Å². The minimum absolute atomic E-state index is 0.668. The average molecular weight is 265 g/mol. The highest BCUT2D eigenvalue weighted by Gasteiger charge is 2.02. The standard InChI is InChI=1S/C10H13N3.3C2H6/c11-4-3-7-6-13-10-2-1-8(12)5-9(7)10;3*1-2/h1-2,5-6,13H,3-4,11-12H2;3*1-2H3. The summed E-state index contributed by atoms with van der Waals surface area (Å²) in [5, 5.41) is 1.19. The van der Waals surface area contributed by atoms with Gasteiger partial charge in [0, 0.05) is 22.8 Å². The summed E-state index contributed by atoms with van der Waals surface area (Å²) >= 11 is 0. The maximum Gasteiger partial charge on any atom is 0.0458 e. The number of aromatic amines is 1. The first-order chi connectivity index (χ1) is 9.31. The van der Waals surface area contributed by atoms with Crippen molar-refractivity contribution in [2.24, 2.45) is 5.73 Å². The van der Waals surface area contributed by atoms with Gasteiger partial charge in [0.2, 0.25) is 0 Å². The molecule has 1 heterocycles. The smallest absolute Gasteiger partial charge is 0.0458 e. The van der Waals surface area contributed by atoms with Crippen molar-refractivity contribution >= 4 is 16.6 Å². The number of nitrogens with one attached hydrogen (secondary N) is 1. The largest absolute Gasteiger partial charge is 0.399 e. The monoisotopic (exact) mass is 265 g/mol. The van der Waals surface area contributed by atoms with Gasteiger partial charge in [-0.15, -0.1) is 0 Å². The Bertz CT molecular complexity index is 419. The van der Waals surface area contributed by atoms with E-state index in [0.717, 1.165) is 17.6 Å². The van der Waals surface area contributed by atoms with E-state index in [9.17, 15) is 0 Å². The summed E-state index contributed by atoms with van der Waals surface area (Å²) in [5.74, 6) is 0. The van der Waals surface area contributed by atoms with Gasteiger partial charge in [-0.05, 0) is 36.7 Å². The van der Waals surface area contributed by atoms with Crippen LogP contribution in [0.5, 0.6) is 0 Å². The average Bonchev–Trinajstić information content (AvgIpc) is 2.88. The van der Waals surface area contributed by atoms with E-state index >= 15 is 0 Å². The highest BCUT2D eigenvalue weighted by atomic mass is 14.7. The van der Waals surface area contributed by atoms with Crippen molar-refractivity contribution in [2.75, 3.05) is 12.3 Å². The third kappa shape index (κ3) is 6.30. The summed E-state index contributed by atoms with van der Waals surface area (Å²) in [5.41, 5.74) is 14.4. The Morgan fingerprint density at radius 1 is 1.00 bits per heavy atom. The second kappa shape index (κ2) is 13.0. The summed E-state index contributed by atoms with van der Waals surface area (Å²) in [6.45, 7) is 12.7. The molecule has 5 N–H and O–H groups in total. The van der Waals surface area contributed by atoms with Crippen LogP contribution in [-0.4, -0.2) is 11.5 Å². The van der Waals surface area contributed by atoms with Crippen LogP contribution in [0.2, 0.25) is 0 Å². The van der Waals surface area contributed by atoms with E-state index in [1.807, 2.05) is 65.9 Å². The molecular formula is C16H31N3. The zero-order chi connectivity index (χ0) is 15.3. The van der Waals surface area contributed by atoms with Gasteiger partial charge in [-0.25, -0.2) is 0 Å². The highest BCUT2D eigenvalue weighted by molar-refractivity contribution is 5.86. The van der Waals surface area contributed by atoms with Crippen LogP contribution in [-0.2, 0) is 6.42 Å². The Morgan fingerprint density at radius 2 is 1.58 bits per heavy atom. The molecule has 3 nitrogen and oxygen atoms in total. The van der Waals surface area contributed by atoms with Gasteiger partial charge < -0.3 is 16.5 Å². The number of rotatable bonds is 2. The van der Waals surface area contributed by atoms with Crippen LogP contribution in [0, 0.1) is 0 Å². The van der Waals surface area contributed by atoms with E-state index in [1.54, 1.807) is 0 Å². The van der Waals surface area contributed by atoms with Crippen LogP contribution in [0.4, 0.5) is 5.69 Å². The molecule has 1 aromatic carbocycles. The van der Waals surface area contributed by atoms with Crippen molar-refractivity contribution in [3.05, 3.63) is 30.0 Å². The van der Waals surface area contributed by atoms with Crippen LogP contribution in [0.1, 0.15) is 47.1 Å². The first-order valence-corrected chi connectivity index (χ1v) is 7.37. The van der Waals surface area contributed by atoms with E-state index in [-0.39, 0.29) is 0 Å². The van der Waals surface area contributed by atoms with E-state index in [4.69, 9.17) is 11.5 Å². The molecule has 110 valence electrons. The quantitative estimate of drug-likeness (QED) is 0.707. The lowest BCUT2D eigenvalue weighted by atomic mass is 10.1. The number of hydrogen-bond donors (Lipinski definition) is 3. The van der Waals surface area contributed by atoms with Gasteiger partial charge in [-0.1, -0.05) is 41.5 Å². The summed E-state index contributed by atoms with van der Waals surface area (Å²) in [6.07, 6.45) is 2.89. The zero-order valence-corrected chi connectivity index (χ0v) is 13.4. The molecule has 0 aliphatic carbocycles. The molecule has 1 aromatic heterocycles. The Labute approximate surface area is 118 Å². The lowest BCUT2D eigenvalue weighted by Crippen LogP contribution is -2.01. The first kappa shape index (κ1) is 19.9. The molecule has 3 heteroatoms. The Kier molecular flexibility index (Phi) is 13.5. The normalized spacial score (nSPS) is 8.37. The van der Waals surface area contributed by atoms with Gasteiger partial charge in [0.05, 0.1) is 0 Å². The van der Waals surface area contributed by atoms with Gasteiger partial charge in [0.25, 0.3) is 0 Å². The number of benzene rings is 1. The van der Waals surface area contributed by atoms with Crippen molar-refractivity contribution in [1.82, 2.24) is 4.98 Å². The van der Waals surface area contributed by atoms with Crippen LogP contribution in [0.3, 0.4) is 0 Å². The minimum Gasteiger partial charge on any atom is -0.399 e. The summed E-state index contributed by atoms with van der Waals surface area (Å²) < 4.78 is 0. The molecule has 2 aromatic rings. The molecule has 19 heavy (non-hydrogen) atoms. The molecule has 0 atom stereocenters. The predicted octanol–water partition coefficient (Wildman–Crippen LogP) is 4.33. The molecule has 0 bridgehead atoms. The fourth-order valence-electron chi connectivity index (χ4n) is 1.56. The van der Waals surface area contributed by atoms with Gasteiger partial charge in [-0.2, -0.15) is 0 Å². The second-order valence-electron chi connectivity index (χ2n) is 3.16.